The summed E-state index contributed by atoms with van der Waals surface area (Å²) in [5.41, 5.74) is 0.564. The highest BCUT2D eigenvalue weighted by Gasteiger charge is 2.37. The molecule has 0 amide bonds. The van der Waals surface area contributed by atoms with E-state index >= 15 is 0 Å². The molecule has 1 saturated carbocycles. The van der Waals surface area contributed by atoms with Crippen LogP contribution in [0.1, 0.15) is 46.0 Å². The minimum Gasteiger partial charge on any atom is -0.274 e. The Balaban J connectivity index is 2.06. The largest absolute Gasteiger partial charge is 0.274 e. The molecule has 1 fully saturated rings. The second-order valence-corrected chi connectivity index (χ2v) is 9.47. The molecule has 0 atom stereocenters. The number of aromatic nitrogens is 2. The van der Waals surface area contributed by atoms with E-state index in [1.807, 2.05) is 31.4 Å². The molecule has 2 aromatic heterocycles. The van der Waals surface area contributed by atoms with Crippen LogP contribution in [-0.4, -0.2) is 34.6 Å². The molecule has 2 heterocycles. The van der Waals surface area contributed by atoms with Gasteiger partial charge in [0.25, 0.3) is 0 Å². The van der Waals surface area contributed by atoms with Crippen molar-refractivity contribution in [3.05, 3.63) is 23.7 Å². The third kappa shape index (κ3) is 3.30. The first kappa shape index (κ1) is 17.6. The molecular weight excluding hydrogens is 342 g/mol. The van der Waals surface area contributed by atoms with E-state index in [9.17, 15) is 8.42 Å². The second kappa shape index (κ2) is 6.98. The highest BCUT2D eigenvalue weighted by atomic mass is 32.2. The summed E-state index contributed by atoms with van der Waals surface area (Å²) >= 11 is 1.52. The van der Waals surface area contributed by atoms with Crippen LogP contribution in [0.5, 0.6) is 0 Å². The lowest BCUT2D eigenvalue weighted by atomic mass is 9.95. The topological polar surface area (TPSA) is 55.2 Å². The number of thiophene rings is 1. The molecule has 0 bridgehead atoms. The van der Waals surface area contributed by atoms with Crippen LogP contribution in [-0.2, 0) is 17.1 Å². The Labute approximate surface area is 148 Å². The molecule has 2 aromatic rings. The van der Waals surface area contributed by atoms with Crippen molar-refractivity contribution in [1.82, 2.24) is 14.1 Å². The first-order valence-corrected chi connectivity index (χ1v) is 10.8. The fourth-order valence-corrected chi connectivity index (χ4v) is 6.44. The average molecular weight is 368 g/mol. The van der Waals surface area contributed by atoms with E-state index in [1.54, 1.807) is 22.2 Å². The molecule has 0 spiro atoms. The molecule has 1 aliphatic carbocycles. The van der Waals surface area contributed by atoms with E-state index in [-0.39, 0.29) is 12.1 Å². The number of aryl methyl sites for hydroxylation is 1. The normalized spacial score (nSPS) is 17.0. The molecule has 0 aliphatic heterocycles. The molecule has 132 valence electrons. The Bertz CT molecular complexity index is 773. The summed E-state index contributed by atoms with van der Waals surface area (Å²) < 4.78 is 30.3. The minimum absolute atomic E-state index is 0.0607. The van der Waals surface area contributed by atoms with Crippen molar-refractivity contribution < 1.29 is 8.42 Å². The first-order chi connectivity index (χ1) is 11.4. The molecule has 1 aliphatic rings. The van der Waals surface area contributed by atoms with Crippen molar-refractivity contribution in [2.24, 2.45) is 7.05 Å². The van der Waals surface area contributed by atoms with Crippen molar-refractivity contribution >= 4 is 21.4 Å². The quantitative estimate of drug-likeness (QED) is 0.806. The predicted octanol–water partition coefficient (Wildman–Crippen LogP) is 3.88. The lowest BCUT2D eigenvalue weighted by Crippen LogP contribution is -2.45. The van der Waals surface area contributed by atoms with Gasteiger partial charge in [0.2, 0.25) is 10.0 Å². The van der Waals surface area contributed by atoms with Gasteiger partial charge < -0.3 is 0 Å². The van der Waals surface area contributed by atoms with Crippen LogP contribution in [0.25, 0.3) is 10.6 Å². The lowest BCUT2D eigenvalue weighted by molar-refractivity contribution is 0.220. The Morgan fingerprint density at radius 2 is 2.00 bits per heavy atom. The molecule has 0 radical (unpaired) electrons. The Hall–Kier alpha value is -1.18. The average Bonchev–Trinajstić information content (AvgIpc) is 3.16. The monoisotopic (exact) mass is 367 g/mol. The van der Waals surface area contributed by atoms with Crippen molar-refractivity contribution in [3.63, 3.8) is 0 Å². The number of hydrogen-bond acceptors (Lipinski definition) is 4. The summed E-state index contributed by atoms with van der Waals surface area (Å²) in [5.74, 6) is 0. The standard InChI is InChI=1S/C17H25N3O2S2/c1-13(2)20(14-8-5-4-6-9-14)24(21,22)16-12-19(3)18-17(16)15-10-7-11-23-15/h7,10-14H,4-6,8-9H2,1-3H3. The van der Waals surface area contributed by atoms with E-state index < -0.39 is 10.0 Å². The third-order valence-electron chi connectivity index (χ3n) is 4.55. The van der Waals surface area contributed by atoms with Crippen LogP contribution in [0.3, 0.4) is 0 Å². The predicted molar refractivity (Wildman–Crippen MR) is 97.6 cm³/mol. The lowest BCUT2D eigenvalue weighted by Gasteiger charge is -2.36. The van der Waals surface area contributed by atoms with E-state index in [1.165, 1.54) is 17.8 Å². The molecule has 5 nitrogen and oxygen atoms in total. The van der Waals surface area contributed by atoms with Gasteiger partial charge in [0, 0.05) is 25.3 Å². The fraction of sp³-hybridized carbons (Fsp3) is 0.588. The molecule has 0 unspecified atom stereocenters. The molecule has 3 rings (SSSR count). The van der Waals surface area contributed by atoms with Gasteiger partial charge in [0.05, 0.1) is 4.88 Å². The van der Waals surface area contributed by atoms with Gasteiger partial charge in [-0.15, -0.1) is 11.3 Å². The summed E-state index contributed by atoms with van der Waals surface area (Å²) in [5, 5.41) is 6.37. The van der Waals surface area contributed by atoms with Crippen LogP contribution in [0.2, 0.25) is 0 Å². The number of nitrogens with zero attached hydrogens (tertiary/aromatic N) is 3. The zero-order chi connectivity index (χ0) is 17.3. The maximum atomic E-state index is 13.5. The molecule has 24 heavy (non-hydrogen) atoms. The molecule has 0 N–H and O–H groups in total. The second-order valence-electron chi connectivity index (χ2n) is 6.71. The summed E-state index contributed by atoms with van der Waals surface area (Å²) in [6.45, 7) is 3.93. The van der Waals surface area contributed by atoms with E-state index in [2.05, 4.69) is 5.10 Å². The highest BCUT2D eigenvalue weighted by Crippen LogP contribution is 2.35. The van der Waals surface area contributed by atoms with Gasteiger partial charge in [-0.25, -0.2) is 8.42 Å². The number of sulfonamides is 1. The molecule has 0 saturated heterocycles. The molecular formula is C17H25N3O2S2. The molecule has 0 aromatic carbocycles. The van der Waals surface area contributed by atoms with E-state index in [0.717, 1.165) is 30.6 Å². The van der Waals surface area contributed by atoms with Gasteiger partial charge in [0.1, 0.15) is 10.6 Å². The van der Waals surface area contributed by atoms with Crippen LogP contribution in [0.4, 0.5) is 0 Å². The summed E-state index contributed by atoms with van der Waals surface area (Å²) in [6.07, 6.45) is 6.96. The van der Waals surface area contributed by atoms with E-state index in [4.69, 9.17) is 0 Å². The summed E-state index contributed by atoms with van der Waals surface area (Å²) in [7, 11) is -1.80. The number of rotatable bonds is 5. The minimum atomic E-state index is -3.58. The Morgan fingerprint density at radius 1 is 1.29 bits per heavy atom. The smallest absolute Gasteiger partial charge is 0.247 e. The zero-order valence-electron chi connectivity index (χ0n) is 14.5. The fourth-order valence-electron chi connectivity index (χ4n) is 3.58. The van der Waals surface area contributed by atoms with Crippen LogP contribution in [0.15, 0.2) is 28.6 Å². The van der Waals surface area contributed by atoms with E-state index in [0.29, 0.717) is 10.6 Å². The Kier molecular flexibility index (Phi) is 5.13. The van der Waals surface area contributed by atoms with Crippen molar-refractivity contribution in [2.75, 3.05) is 0 Å². The summed E-state index contributed by atoms with van der Waals surface area (Å²) in [4.78, 5) is 1.22. The van der Waals surface area contributed by atoms with Crippen LogP contribution < -0.4 is 0 Å². The van der Waals surface area contributed by atoms with Crippen molar-refractivity contribution in [2.45, 2.75) is 62.9 Å². The number of hydrogen-bond donors (Lipinski definition) is 0. The maximum absolute atomic E-state index is 13.5. The van der Waals surface area contributed by atoms with Crippen LogP contribution in [0, 0.1) is 0 Å². The first-order valence-electron chi connectivity index (χ1n) is 8.52. The zero-order valence-corrected chi connectivity index (χ0v) is 16.1. The van der Waals surface area contributed by atoms with Crippen molar-refractivity contribution in [3.8, 4) is 10.6 Å². The van der Waals surface area contributed by atoms with Gasteiger partial charge in [-0.05, 0) is 38.1 Å². The SMILES string of the molecule is CC(C)N(C1CCCCC1)S(=O)(=O)c1cn(C)nc1-c1cccs1. The molecule has 7 heteroatoms. The van der Waals surface area contributed by atoms with Gasteiger partial charge >= 0.3 is 0 Å². The van der Waals surface area contributed by atoms with Crippen LogP contribution >= 0.6 is 11.3 Å². The van der Waals surface area contributed by atoms with Gasteiger partial charge in [-0.1, -0.05) is 25.3 Å². The van der Waals surface area contributed by atoms with Crippen molar-refractivity contribution in [1.29, 1.82) is 0 Å². The van der Waals surface area contributed by atoms with Gasteiger partial charge in [-0.3, -0.25) is 4.68 Å². The summed E-state index contributed by atoms with van der Waals surface area (Å²) in [6, 6.07) is 3.88. The Morgan fingerprint density at radius 3 is 2.58 bits per heavy atom. The van der Waals surface area contributed by atoms with Gasteiger partial charge in [0.15, 0.2) is 0 Å². The highest BCUT2D eigenvalue weighted by molar-refractivity contribution is 7.89. The maximum Gasteiger partial charge on any atom is 0.247 e. The van der Waals surface area contributed by atoms with Gasteiger partial charge in [-0.2, -0.15) is 9.40 Å². The third-order valence-corrected chi connectivity index (χ3v) is 7.55.